The number of aryl methyl sites for hydroxylation is 1. The number of rotatable bonds is 3. The van der Waals surface area contributed by atoms with Gasteiger partial charge in [0, 0.05) is 6.42 Å². The molecule has 0 aliphatic rings. The van der Waals surface area contributed by atoms with Crippen molar-refractivity contribution in [3.63, 3.8) is 0 Å². The first-order valence-electron chi connectivity index (χ1n) is 5.30. The van der Waals surface area contributed by atoms with Crippen molar-refractivity contribution in [2.24, 2.45) is 5.73 Å². The van der Waals surface area contributed by atoms with Gasteiger partial charge < -0.3 is 10.5 Å². The Labute approximate surface area is 96.8 Å². The van der Waals surface area contributed by atoms with E-state index in [1.807, 2.05) is 20.8 Å². The van der Waals surface area contributed by atoms with E-state index < -0.39 is 6.04 Å². The molecular formula is C13H18N2O. The van der Waals surface area contributed by atoms with Gasteiger partial charge in [0.2, 0.25) is 0 Å². The van der Waals surface area contributed by atoms with Crippen LogP contribution in [0.2, 0.25) is 0 Å². The van der Waals surface area contributed by atoms with Crippen LogP contribution in [0.5, 0.6) is 5.75 Å². The van der Waals surface area contributed by atoms with E-state index in [1.54, 1.807) is 7.11 Å². The molecule has 1 rings (SSSR count). The van der Waals surface area contributed by atoms with Crippen molar-refractivity contribution in [3.05, 3.63) is 28.3 Å². The summed E-state index contributed by atoms with van der Waals surface area (Å²) < 4.78 is 5.35. The molecule has 0 saturated carbocycles. The zero-order chi connectivity index (χ0) is 12.3. The summed E-state index contributed by atoms with van der Waals surface area (Å²) in [5.74, 6) is 0.923. The lowest BCUT2D eigenvalue weighted by molar-refractivity contribution is 0.408. The number of methoxy groups -OCH3 is 1. The normalized spacial score (nSPS) is 12.0. The van der Waals surface area contributed by atoms with Gasteiger partial charge in [0.05, 0.1) is 19.2 Å². The van der Waals surface area contributed by atoms with E-state index in [4.69, 9.17) is 15.7 Å². The summed E-state index contributed by atoms with van der Waals surface area (Å²) in [4.78, 5) is 0. The molecule has 2 N–H and O–H groups in total. The second kappa shape index (κ2) is 5.00. The van der Waals surface area contributed by atoms with Crippen LogP contribution in [-0.4, -0.2) is 13.2 Å². The average Bonchev–Trinajstić information content (AvgIpc) is 2.26. The first-order chi connectivity index (χ1) is 7.51. The van der Waals surface area contributed by atoms with E-state index in [0.29, 0.717) is 6.42 Å². The van der Waals surface area contributed by atoms with Crippen LogP contribution in [0, 0.1) is 32.1 Å². The third-order valence-corrected chi connectivity index (χ3v) is 2.94. The van der Waals surface area contributed by atoms with Gasteiger partial charge in [-0.25, -0.2) is 0 Å². The van der Waals surface area contributed by atoms with Crippen LogP contribution in [0.4, 0.5) is 0 Å². The number of hydrogen-bond acceptors (Lipinski definition) is 3. The first-order valence-corrected chi connectivity index (χ1v) is 5.30. The maximum Gasteiger partial charge on any atom is 0.124 e. The van der Waals surface area contributed by atoms with E-state index in [0.717, 1.165) is 28.0 Å². The number of nitrogens with two attached hydrogens (primary N) is 1. The third-order valence-electron chi connectivity index (χ3n) is 2.94. The summed E-state index contributed by atoms with van der Waals surface area (Å²) in [6.45, 7) is 6.08. The van der Waals surface area contributed by atoms with Crippen LogP contribution < -0.4 is 10.5 Å². The summed E-state index contributed by atoms with van der Waals surface area (Å²) in [7, 11) is 1.68. The van der Waals surface area contributed by atoms with Crippen molar-refractivity contribution >= 4 is 0 Å². The Morgan fingerprint density at radius 1 is 1.38 bits per heavy atom. The third kappa shape index (κ3) is 2.34. The maximum atomic E-state index is 8.73. The highest BCUT2D eigenvalue weighted by Crippen LogP contribution is 2.28. The Morgan fingerprint density at radius 2 is 2.00 bits per heavy atom. The van der Waals surface area contributed by atoms with Gasteiger partial charge in [-0.1, -0.05) is 6.07 Å². The lowest BCUT2D eigenvalue weighted by atomic mass is 9.95. The van der Waals surface area contributed by atoms with Crippen molar-refractivity contribution in [3.8, 4) is 11.8 Å². The molecule has 1 aromatic rings. The minimum absolute atomic E-state index is 0.439. The highest BCUT2D eigenvalue weighted by molar-refractivity contribution is 5.49. The highest BCUT2D eigenvalue weighted by Gasteiger charge is 2.12. The molecule has 1 unspecified atom stereocenters. The number of hydrogen-bond donors (Lipinski definition) is 1. The van der Waals surface area contributed by atoms with Gasteiger partial charge in [-0.15, -0.1) is 0 Å². The zero-order valence-corrected chi connectivity index (χ0v) is 10.3. The van der Waals surface area contributed by atoms with E-state index in [2.05, 4.69) is 12.1 Å². The number of benzene rings is 1. The molecule has 0 aliphatic heterocycles. The van der Waals surface area contributed by atoms with Gasteiger partial charge in [0.15, 0.2) is 0 Å². The fourth-order valence-corrected chi connectivity index (χ4v) is 1.95. The fraction of sp³-hybridized carbons (Fsp3) is 0.462. The van der Waals surface area contributed by atoms with E-state index in [9.17, 15) is 0 Å². The molecule has 1 aromatic carbocycles. The largest absolute Gasteiger partial charge is 0.496 e. The van der Waals surface area contributed by atoms with Crippen molar-refractivity contribution < 1.29 is 4.74 Å². The summed E-state index contributed by atoms with van der Waals surface area (Å²) in [5, 5.41) is 8.73. The van der Waals surface area contributed by atoms with Gasteiger partial charge in [-0.3, -0.25) is 0 Å². The van der Waals surface area contributed by atoms with Gasteiger partial charge >= 0.3 is 0 Å². The molecule has 0 amide bonds. The maximum absolute atomic E-state index is 8.73. The summed E-state index contributed by atoms with van der Waals surface area (Å²) in [6, 6.07) is 3.67. The monoisotopic (exact) mass is 218 g/mol. The van der Waals surface area contributed by atoms with Gasteiger partial charge in [-0.05, 0) is 43.0 Å². The van der Waals surface area contributed by atoms with Crippen LogP contribution in [-0.2, 0) is 6.42 Å². The minimum Gasteiger partial charge on any atom is -0.496 e. The second-order valence-corrected chi connectivity index (χ2v) is 4.08. The van der Waals surface area contributed by atoms with Crippen molar-refractivity contribution in [2.75, 3.05) is 7.11 Å². The van der Waals surface area contributed by atoms with Crippen molar-refractivity contribution in [2.45, 2.75) is 33.2 Å². The van der Waals surface area contributed by atoms with Crippen LogP contribution in [0.15, 0.2) is 6.07 Å². The van der Waals surface area contributed by atoms with Gasteiger partial charge in [0.25, 0.3) is 0 Å². The fourth-order valence-electron chi connectivity index (χ4n) is 1.95. The zero-order valence-electron chi connectivity index (χ0n) is 10.3. The highest BCUT2D eigenvalue weighted by atomic mass is 16.5. The standard InChI is InChI=1S/C13H18N2O/c1-8-5-11(6-12(15)7-14)9(2)10(3)13(8)16-4/h5,12H,6,15H2,1-4H3. The van der Waals surface area contributed by atoms with Gasteiger partial charge in [0.1, 0.15) is 5.75 Å². The molecule has 0 fully saturated rings. The quantitative estimate of drug-likeness (QED) is 0.844. The predicted octanol–water partition coefficient (Wildman–Crippen LogP) is 2.01. The lowest BCUT2D eigenvalue weighted by Crippen LogP contribution is -2.21. The Morgan fingerprint density at radius 3 is 2.50 bits per heavy atom. The molecule has 86 valence electrons. The molecule has 0 saturated heterocycles. The van der Waals surface area contributed by atoms with E-state index in [1.165, 1.54) is 0 Å². The van der Waals surface area contributed by atoms with Crippen LogP contribution in [0.25, 0.3) is 0 Å². The lowest BCUT2D eigenvalue weighted by Gasteiger charge is -2.16. The van der Waals surface area contributed by atoms with Crippen LogP contribution >= 0.6 is 0 Å². The number of nitrogens with zero attached hydrogens (tertiary/aromatic N) is 1. The minimum atomic E-state index is -0.439. The molecule has 3 nitrogen and oxygen atoms in total. The number of nitriles is 1. The first kappa shape index (κ1) is 12.5. The average molecular weight is 218 g/mol. The summed E-state index contributed by atoms with van der Waals surface area (Å²) >= 11 is 0. The number of ether oxygens (including phenoxy) is 1. The molecule has 0 aromatic heterocycles. The van der Waals surface area contributed by atoms with Crippen LogP contribution in [0.3, 0.4) is 0 Å². The SMILES string of the molecule is COc1c(C)cc(CC(N)C#N)c(C)c1C. The van der Waals surface area contributed by atoms with Crippen molar-refractivity contribution in [1.82, 2.24) is 0 Å². The predicted molar refractivity (Wildman–Crippen MR) is 64.5 cm³/mol. The molecule has 3 heteroatoms. The second-order valence-electron chi connectivity index (χ2n) is 4.08. The summed E-state index contributed by atoms with van der Waals surface area (Å²) in [5.41, 5.74) is 10.2. The Balaban J connectivity index is 3.19. The Kier molecular flexibility index (Phi) is 3.92. The van der Waals surface area contributed by atoms with E-state index >= 15 is 0 Å². The molecule has 0 heterocycles. The molecule has 0 spiro atoms. The molecule has 1 atom stereocenters. The molecule has 0 aliphatic carbocycles. The van der Waals surface area contributed by atoms with Gasteiger partial charge in [-0.2, -0.15) is 5.26 Å². The summed E-state index contributed by atoms with van der Waals surface area (Å²) in [6.07, 6.45) is 0.591. The van der Waals surface area contributed by atoms with Crippen LogP contribution in [0.1, 0.15) is 22.3 Å². The topological polar surface area (TPSA) is 59.0 Å². The van der Waals surface area contributed by atoms with Crippen molar-refractivity contribution in [1.29, 1.82) is 5.26 Å². The van der Waals surface area contributed by atoms with E-state index in [-0.39, 0.29) is 0 Å². The molecule has 0 radical (unpaired) electrons. The Hall–Kier alpha value is -1.53. The molecule has 0 bridgehead atoms. The Bertz CT molecular complexity index is 433. The smallest absolute Gasteiger partial charge is 0.124 e. The molecule has 16 heavy (non-hydrogen) atoms. The molecular weight excluding hydrogens is 200 g/mol.